The van der Waals surface area contributed by atoms with Crippen LogP contribution >= 0.6 is 11.6 Å². The Morgan fingerprint density at radius 3 is 2.31 bits per heavy atom. The van der Waals surface area contributed by atoms with Gasteiger partial charge in [-0.1, -0.05) is 34.1 Å². The van der Waals surface area contributed by atoms with E-state index in [0.717, 1.165) is 24.6 Å². The molecule has 0 amide bonds. The molecule has 1 atom stereocenters. The molecule has 0 aliphatic rings. The van der Waals surface area contributed by atoms with Crippen molar-refractivity contribution in [3.05, 3.63) is 11.6 Å². The van der Waals surface area contributed by atoms with Crippen LogP contribution in [0.2, 0.25) is 0 Å². The molecule has 1 heterocycles. The third-order valence-corrected chi connectivity index (χ3v) is 3.04. The molecular formula is C12H22ClN3. The smallest absolute Gasteiger partial charge is 0.147 e. The number of alkyl halides is 1. The molecule has 0 N–H and O–H groups in total. The second-order valence-corrected chi connectivity index (χ2v) is 5.16. The van der Waals surface area contributed by atoms with Crippen LogP contribution in [0.25, 0.3) is 0 Å². The topological polar surface area (TPSA) is 30.7 Å². The van der Waals surface area contributed by atoms with Crippen molar-refractivity contribution >= 4 is 11.6 Å². The van der Waals surface area contributed by atoms with E-state index in [4.69, 9.17) is 11.6 Å². The molecule has 1 unspecified atom stereocenters. The Labute approximate surface area is 103 Å². The maximum absolute atomic E-state index is 5.88. The van der Waals surface area contributed by atoms with Crippen LogP contribution in [-0.2, 0) is 18.8 Å². The normalized spacial score (nSPS) is 13.4. The first kappa shape index (κ1) is 13.5. The third kappa shape index (κ3) is 3.48. The first-order valence-electron chi connectivity index (χ1n) is 6.05. The Hall–Kier alpha value is -0.570. The van der Waals surface area contributed by atoms with Crippen molar-refractivity contribution in [2.75, 3.05) is 0 Å². The number of hydrogen-bond acceptors (Lipinski definition) is 2. The van der Waals surface area contributed by atoms with Gasteiger partial charge in [-0.05, 0) is 11.8 Å². The Bertz CT molecular complexity index is 320. The summed E-state index contributed by atoms with van der Waals surface area (Å²) in [6.45, 7) is 9.81. The summed E-state index contributed by atoms with van der Waals surface area (Å²) in [6, 6.07) is 0. The van der Waals surface area contributed by atoms with Crippen molar-refractivity contribution in [2.45, 2.75) is 53.0 Å². The first-order chi connectivity index (χ1) is 7.58. The molecule has 4 heteroatoms. The van der Waals surface area contributed by atoms with Crippen LogP contribution in [0.3, 0.4) is 0 Å². The predicted molar refractivity (Wildman–Crippen MR) is 67.6 cm³/mol. The zero-order valence-electron chi connectivity index (χ0n) is 10.7. The Kier molecular flexibility index (Phi) is 5.26. The van der Waals surface area contributed by atoms with Crippen LogP contribution in [0, 0.1) is 11.8 Å². The molecule has 0 fully saturated rings. The standard InChI is InChI=1S/C12H22ClN3/c1-5-10(4)6-11-14-15-12(7-13)16(11)8-9(2)3/h9-10H,5-8H2,1-4H3. The van der Waals surface area contributed by atoms with E-state index in [1.807, 2.05) is 0 Å². The monoisotopic (exact) mass is 243 g/mol. The number of halogens is 1. The van der Waals surface area contributed by atoms with E-state index in [-0.39, 0.29) is 0 Å². The number of rotatable bonds is 6. The van der Waals surface area contributed by atoms with Gasteiger partial charge in [-0.3, -0.25) is 0 Å². The van der Waals surface area contributed by atoms with Gasteiger partial charge in [-0.15, -0.1) is 21.8 Å². The average molecular weight is 244 g/mol. The molecular weight excluding hydrogens is 222 g/mol. The lowest BCUT2D eigenvalue weighted by Crippen LogP contribution is -2.13. The molecule has 0 saturated heterocycles. The quantitative estimate of drug-likeness (QED) is 0.718. The maximum Gasteiger partial charge on any atom is 0.147 e. The van der Waals surface area contributed by atoms with E-state index >= 15 is 0 Å². The fourth-order valence-corrected chi connectivity index (χ4v) is 1.85. The van der Waals surface area contributed by atoms with Gasteiger partial charge in [0.2, 0.25) is 0 Å². The summed E-state index contributed by atoms with van der Waals surface area (Å²) in [5.41, 5.74) is 0. The number of hydrogen-bond donors (Lipinski definition) is 0. The molecule has 0 aromatic carbocycles. The Morgan fingerprint density at radius 1 is 1.19 bits per heavy atom. The van der Waals surface area contributed by atoms with E-state index < -0.39 is 0 Å². The van der Waals surface area contributed by atoms with Gasteiger partial charge in [0.15, 0.2) is 0 Å². The lowest BCUT2D eigenvalue weighted by Gasteiger charge is -2.13. The van der Waals surface area contributed by atoms with Gasteiger partial charge in [-0.2, -0.15) is 0 Å². The van der Waals surface area contributed by atoms with Crippen molar-refractivity contribution in [1.29, 1.82) is 0 Å². The highest BCUT2D eigenvalue weighted by Crippen LogP contribution is 2.14. The van der Waals surface area contributed by atoms with E-state index in [9.17, 15) is 0 Å². The van der Waals surface area contributed by atoms with Crippen LogP contribution in [0.4, 0.5) is 0 Å². The van der Waals surface area contributed by atoms with Crippen LogP contribution in [0.1, 0.15) is 45.8 Å². The van der Waals surface area contributed by atoms with Gasteiger partial charge in [0.1, 0.15) is 11.6 Å². The average Bonchev–Trinajstić information content (AvgIpc) is 2.60. The molecule has 3 nitrogen and oxygen atoms in total. The molecule has 0 bridgehead atoms. The largest absolute Gasteiger partial charge is 0.314 e. The molecule has 1 aromatic rings. The molecule has 92 valence electrons. The SMILES string of the molecule is CCC(C)Cc1nnc(CCl)n1CC(C)C. The van der Waals surface area contributed by atoms with E-state index in [2.05, 4.69) is 42.5 Å². The van der Waals surface area contributed by atoms with Crippen LogP contribution < -0.4 is 0 Å². The zero-order chi connectivity index (χ0) is 12.1. The number of nitrogens with zero attached hydrogens (tertiary/aromatic N) is 3. The Balaban J connectivity index is 2.86. The Morgan fingerprint density at radius 2 is 1.81 bits per heavy atom. The number of aromatic nitrogens is 3. The second-order valence-electron chi connectivity index (χ2n) is 4.89. The van der Waals surface area contributed by atoms with Crippen LogP contribution in [0.15, 0.2) is 0 Å². The minimum absolute atomic E-state index is 0.445. The van der Waals surface area contributed by atoms with Gasteiger partial charge < -0.3 is 4.57 Å². The lowest BCUT2D eigenvalue weighted by molar-refractivity contribution is 0.469. The van der Waals surface area contributed by atoms with Crippen molar-refractivity contribution < 1.29 is 0 Å². The molecule has 1 rings (SSSR count). The van der Waals surface area contributed by atoms with Gasteiger partial charge in [0.05, 0.1) is 5.88 Å². The predicted octanol–water partition coefficient (Wildman–Crippen LogP) is 3.26. The summed E-state index contributed by atoms with van der Waals surface area (Å²) >= 11 is 5.88. The van der Waals surface area contributed by atoms with Gasteiger partial charge in [0.25, 0.3) is 0 Å². The van der Waals surface area contributed by atoms with E-state index in [1.54, 1.807) is 0 Å². The first-order valence-corrected chi connectivity index (χ1v) is 6.58. The summed E-state index contributed by atoms with van der Waals surface area (Å²) < 4.78 is 2.18. The molecule has 0 radical (unpaired) electrons. The molecule has 0 spiro atoms. The fraction of sp³-hybridized carbons (Fsp3) is 0.833. The van der Waals surface area contributed by atoms with Crippen LogP contribution in [0.5, 0.6) is 0 Å². The summed E-state index contributed by atoms with van der Waals surface area (Å²) in [5, 5.41) is 8.41. The summed E-state index contributed by atoms with van der Waals surface area (Å²) in [4.78, 5) is 0. The minimum Gasteiger partial charge on any atom is -0.314 e. The molecule has 0 saturated carbocycles. The van der Waals surface area contributed by atoms with Crippen molar-refractivity contribution in [3.63, 3.8) is 0 Å². The molecule has 0 aliphatic heterocycles. The van der Waals surface area contributed by atoms with Gasteiger partial charge in [-0.25, -0.2) is 0 Å². The summed E-state index contributed by atoms with van der Waals surface area (Å²) in [5.74, 6) is 3.67. The molecule has 0 aliphatic carbocycles. The van der Waals surface area contributed by atoms with E-state index in [1.165, 1.54) is 6.42 Å². The van der Waals surface area contributed by atoms with Crippen LogP contribution in [-0.4, -0.2) is 14.8 Å². The second kappa shape index (κ2) is 6.24. The van der Waals surface area contributed by atoms with Crippen molar-refractivity contribution in [2.24, 2.45) is 11.8 Å². The fourth-order valence-electron chi connectivity index (χ4n) is 1.65. The summed E-state index contributed by atoms with van der Waals surface area (Å²) in [6.07, 6.45) is 2.16. The van der Waals surface area contributed by atoms with Gasteiger partial charge >= 0.3 is 0 Å². The van der Waals surface area contributed by atoms with Crippen molar-refractivity contribution in [1.82, 2.24) is 14.8 Å². The van der Waals surface area contributed by atoms with Crippen molar-refractivity contribution in [3.8, 4) is 0 Å². The molecule has 16 heavy (non-hydrogen) atoms. The van der Waals surface area contributed by atoms with Gasteiger partial charge in [0, 0.05) is 13.0 Å². The zero-order valence-corrected chi connectivity index (χ0v) is 11.5. The molecule has 1 aromatic heterocycles. The lowest BCUT2D eigenvalue weighted by atomic mass is 10.0. The summed E-state index contributed by atoms with van der Waals surface area (Å²) in [7, 11) is 0. The maximum atomic E-state index is 5.88. The highest BCUT2D eigenvalue weighted by atomic mass is 35.5. The van der Waals surface area contributed by atoms with E-state index in [0.29, 0.717) is 17.7 Å². The third-order valence-electron chi connectivity index (χ3n) is 2.80. The highest BCUT2D eigenvalue weighted by Gasteiger charge is 2.14. The minimum atomic E-state index is 0.445. The highest BCUT2D eigenvalue weighted by molar-refractivity contribution is 6.16.